The van der Waals surface area contributed by atoms with Crippen molar-refractivity contribution in [1.29, 1.82) is 0 Å². The molecule has 0 aromatic rings. The lowest BCUT2D eigenvalue weighted by molar-refractivity contribution is -0.127. The van der Waals surface area contributed by atoms with Gasteiger partial charge in [0, 0.05) is 19.5 Å². The molecule has 1 fully saturated rings. The van der Waals surface area contributed by atoms with Crippen LogP contribution in [0.5, 0.6) is 0 Å². The smallest absolute Gasteiger partial charge is 0.222 e. The predicted molar refractivity (Wildman–Crippen MR) is 61.8 cm³/mol. The molecule has 0 saturated carbocycles. The van der Waals surface area contributed by atoms with Crippen molar-refractivity contribution in [3.63, 3.8) is 0 Å². The second-order valence-electron chi connectivity index (χ2n) is 4.62. The van der Waals surface area contributed by atoms with Gasteiger partial charge in [-0.2, -0.15) is 0 Å². The van der Waals surface area contributed by atoms with E-state index in [9.17, 15) is 4.79 Å². The van der Waals surface area contributed by atoms with Crippen LogP contribution in [-0.4, -0.2) is 63.0 Å². The van der Waals surface area contributed by atoms with E-state index in [1.54, 1.807) is 0 Å². The summed E-state index contributed by atoms with van der Waals surface area (Å²) < 4.78 is 0. The minimum atomic E-state index is 0.328. The Balaban J connectivity index is 2.22. The zero-order valence-electron chi connectivity index (χ0n) is 10.1. The van der Waals surface area contributed by atoms with Crippen molar-refractivity contribution in [2.75, 3.05) is 47.3 Å². The summed E-state index contributed by atoms with van der Waals surface area (Å²) in [5.74, 6) is 0.843. The van der Waals surface area contributed by atoms with Gasteiger partial charge >= 0.3 is 0 Å². The van der Waals surface area contributed by atoms with Crippen LogP contribution in [0, 0.1) is 5.92 Å². The molecule has 1 amide bonds. The Labute approximate surface area is 92.6 Å². The maximum absolute atomic E-state index is 11.6. The minimum Gasteiger partial charge on any atom is -0.342 e. The molecule has 1 atom stereocenters. The molecule has 1 aliphatic heterocycles. The molecule has 88 valence electrons. The first-order valence-corrected chi connectivity index (χ1v) is 5.70. The van der Waals surface area contributed by atoms with E-state index in [1.807, 2.05) is 11.9 Å². The number of rotatable bonds is 6. The van der Waals surface area contributed by atoms with E-state index < -0.39 is 0 Å². The Kier molecular flexibility index (Phi) is 5.05. The summed E-state index contributed by atoms with van der Waals surface area (Å²) in [6.45, 7) is 3.86. The van der Waals surface area contributed by atoms with Gasteiger partial charge in [0.25, 0.3) is 0 Å². The third kappa shape index (κ3) is 4.18. The highest BCUT2D eigenvalue weighted by atomic mass is 16.2. The van der Waals surface area contributed by atoms with Gasteiger partial charge in [0.2, 0.25) is 5.91 Å². The zero-order valence-corrected chi connectivity index (χ0v) is 10.1. The lowest BCUT2D eigenvalue weighted by Crippen LogP contribution is -2.29. The van der Waals surface area contributed by atoms with Crippen LogP contribution in [0.15, 0.2) is 0 Å². The van der Waals surface area contributed by atoms with Crippen molar-refractivity contribution in [1.82, 2.24) is 15.1 Å². The predicted octanol–water partition coefficient (Wildman–Crippen LogP) is 0.00600. The zero-order chi connectivity index (χ0) is 11.3. The third-order valence-corrected chi connectivity index (χ3v) is 2.82. The quantitative estimate of drug-likeness (QED) is 0.675. The highest BCUT2D eigenvalue weighted by Crippen LogP contribution is 2.16. The number of amides is 1. The fraction of sp³-hybridized carbons (Fsp3) is 0.909. The van der Waals surface area contributed by atoms with Crippen molar-refractivity contribution in [3.05, 3.63) is 0 Å². The van der Waals surface area contributed by atoms with Gasteiger partial charge in [0.05, 0.1) is 0 Å². The largest absolute Gasteiger partial charge is 0.342 e. The normalized spacial score (nSPS) is 21.7. The van der Waals surface area contributed by atoms with Gasteiger partial charge in [0.15, 0.2) is 0 Å². The highest BCUT2D eigenvalue weighted by molar-refractivity contribution is 5.78. The van der Waals surface area contributed by atoms with Gasteiger partial charge < -0.3 is 15.1 Å². The Morgan fingerprint density at radius 2 is 2.27 bits per heavy atom. The second-order valence-corrected chi connectivity index (χ2v) is 4.62. The van der Waals surface area contributed by atoms with Crippen LogP contribution in [0.2, 0.25) is 0 Å². The molecule has 1 unspecified atom stereocenters. The van der Waals surface area contributed by atoms with Crippen LogP contribution in [0.4, 0.5) is 0 Å². The summed E-state index contributed by atoms with van der Waals surface area (Å²) in [7, 11) is 6.07. The first-order chi connectivity index (χ1) is 7.13. The Hall–Kier alpha value is -0.610. The molecular weight excluding hydrogens is 190 g/mol. The molecule has 1 N–H and O–H groups in total. The molecule has 1 heterocycles. The van der Waals surface area contributed by atoms with Crippen molar-refractivity contribution in [3.8, 4) is 0 Å². The van der Waals surface area contributed by atoms with Gasteiger partial charge in [-0.3, -0.25) is 4.79 Å². The lowest BCUT2D eigenvalue weighted by Gasteiger charge is -2.18. The van der Waals surface area contributed by atoms with E-state index in [2.05, 4.69) is 24.3 Å². The fourth-order valence-corrected chi connectivity index (χ4v) is 2.07. The average molecular weight is 213 g/mol. The third-order valence-electron chi connectivity index (χ3n) is 2.82. The summed E-state index contributed by atoms with van der Waals surface area (Å²) in [5, 5.41) is 3.14. The van der Waals surface area contributed by atoms with Crippen LogP contribution in [-0.2, 0) is 4.79 Å². The van der Waals surface area contributed by atoms with Gasteiger partial charge in [-0.1, -0.05) is 0 Å². The van der Waals surface area contributed by atoms with Crippen LogP contribution in [0.3, 0.4) is 0 Å². The van der Waals surface area contributed by atoms with Gasteiger partial charge in [-0.05, 0) is 46.6 Å². The topological polar surface area (TPSA) is 35.6 Å². The van der Waals surface area contributed by atoms with Crippen LogP contribution in [0.25, 0.3) is 0 Å². The fourth-order valence-electron chi connectivity index (χ4n) is 2.07. The summed E-state index contributed by atoms with van der Waals surface area (Å²) in [5.41, 5.74) is 0. The van der Waals surface area contributed by atoms with Crippen LogP contribution in [0.1, 0.15) is 12.8 Å². The number of likely N-dealkylation sites (tertiary alicyclic amines) is 1. The Bertz CT molecular complexity index is 206. The first kappa shape index (κ1) is 12.5. The molecule has 0 spiro atoms. The average Bonchev–Trinajstić information content (AvgIpc) is 2.47. The minimum absolute atomic E-state index is 0.328. The number of nitrogens with one attached hydrogen (secondary N) is 1. The maximum Gasteiger partial charge on any atom is 0.222 e. The molecule has 4 nitrogen and oxygen atoms in total. The number of nitrogens with zero attached hydrogens (tertiary/aromatic N) is 2. The second kappa shape index (κ2) is 6.08. The molecule has 1 aliphatic rings. The van der Waals surface area contributed by atoms with E-state index in [1.165, 1.54) is 0 Å². The molecule has 1 rings (SSSR count). The van der Waals surface area contributed by atoms with E-state index in [-0.39, 0.29) is 0 Å². The first-order valence-electron chi connectivity index (χ1n) is 5.70. The number of hydrogen-bond acceptors (Lipinski definition) is 3. The van der Waals surface area contributed by atoms with Crippen molar-refractivity contribution < 1.29 is 4.79 Å². The molecule has 1 saturated heterocycles. The monoisotopic (exact) mass is 213 g/mol. The Morgan fingerprint density at radius 1 is 1.53 bits per heavy atom. The summed E-state index contributed by atoms with van der Waals surface area (Å²) >= 11 is 0. The molecule has 0 aromatic heterocycles. The van der Waals surface area contributed by atoms with Gasteiger partial charge in [-0.15, -0.1) is 0 Å². The summed E-state index contributed by atoms with van der Waals surface area (Å²) in [6.07, 6.45) is 1.80. The van der Waals surface area contributed by atoms with E-state index >= 15 is 0 Å². The summed E-state index contributed by atoms with van der Waals surface area (Å²) in [6, 6.07) is 0. The van der Waals surface area contributed by atoms with Crippen LogP contribution >= 0.6 is 0 Å². The SMILES string of the molecule is CNCC1CC(=O)N(CCCN(C)C)C1. The van der Waals surface area contributed by atoms with E-state index in [0.717, 1.165) is 39.0 Å². The van der Waals surface area contributed by atoms with Crippen molar-refractivity contribution in [2.24, 2.45) is 5.92 Å². The number of carbonyl (C=O) groups excluding carboxylic acids is 1. The molecular formula is C11H23N3O. The van der Waals surface area contributed by atoms with Crippen molar-refractivity contribution in [2.45, 2.75) is 12.8 Å². The van der Waals surface area contributed by atoms with E-state index in [0.29, 0.717) is 11.8 Å². The molecule has 0 aromatic carbocycles. The van der Waals surface area contributed by atoms with Crippen molar-refractivity contribution >= 4 is 5.91 Å². The lowest BCUT2D eigenvalue weighted by atomic mass is 10.1. The van der Waals surface area contributed by atoms with Gasteiger partial charge in [0.1, 0.15) is 0 Å². The standard InChI is InChI=1S/C11H23N3O/c1-12-8-10-7-11(15)14(9-10)6-4-5-13(2)3/h10,12H,4-9H2,1-3H3. The molecule has 4 heteroatoms. The highest BCUT2D eigenvalue weighted by Gasteiger charge is 2.28. The molecule has 0 radical (unpaired) electrons. The van der Waals surface area contributed by atoms with Crippen LogP contribution < -0.4 is 5.32 Å². The summed E-state index contributed by atoms with van der Waals surface area (Å²) in [4.78, 5) is 15.8. The number of carbonyl (C=O) groups is 1. The van der Waals surface area contributed by atoms with E-state index in [4.69, 9.17) is 0 Å². The maximum atomic E-state index is 11.6. The Morgan fingerprint density at radius 3 is 2.87 bits per heavy atom. The molecule has 0 bridgehead atoms. The molecule has 0 aliphatic carbocycles. The molecule has 15 heavy (non-hydrogen) atoms. The van der Waals surface area contributed by atoms with Gasteiger partial charge in [-0.25, -0.2) is 0 Å². The number of hydrogen-bond donors (Lipinski definition) is 1.